The lowest BCUT2D eigenvalue weighted by Crippen LogP contribution is -2.38. The normalized spacial score (nSPS) is 12.6. The van der Waals surface area contributed by atoms with Crippen LogP contribution >= 0.6 is 27.5 Å². The van der Waals surface area contributed by atoms with Gasteiger partial charge in [-0.25, -0.2) is 13.1 Å². The van der Waals surface area contributed by atoms with Gasteiger partial charge in [0.2, 0.25) is 10.0 Å². The molecule has 0 saturated heterocycles. The number of rotatable bonds is 7. The van der Waals surface area contributed by atoms with Crippen LogP contribution in [0.15, 0.2) is 33.6 Å². The summed E-state index contributed by atoms with van der Waals surface area (Å²) in [6, 6.07) is 6.77. The van der Waals surface area contributed by atoms with Crippen LogP contribution in [0.25, 0.3) is 0 Å². The van der Waals surface area contributed by atoms with Crippen LogP contribution in [-0.2, 0) is 10.0 Å². The van der Waals surface area contributed by atoms with E-state index in [1.807, 2.05) is 13.8 Å². The summed E-state index contributed by atoms with van der Waals surface area (Å²) in [5.74, 6) is 0.443. The zero-order chi connectivity index (χ0) is 14.5. The molecular formula is C13H19BrClNO2S. The first kappa shape index (κ1) is 17.0. The average molecular weight is 369 g/mol. The molecule has 6 heteroatoms. The van der Waals surface area contributed by atoms with E-state index in [1.165, 1.54) is 0 Å². The van der Waals surface area contributed by atoms with Crippen molar-refractivity contribution in [2.24, 2.45) is 5.41 Å². The molecule has 1 aromatic carbocycles. The fourth-order valence-electron chi connectivity index (χ4n) is 1.72. The Balaban J connectivity index is 2.90. The molecule has 1 rings (SSSR count). The number of nitrogens with one attached hydrogen (secondary N) is 1. The van der Waals surface area contributed by atoms with Gasteiger partial charge in [0.25, 0.3) is 0 Å². The van der Waals surface area contributed by atoms with Crippen LogP contribution in [0.2, 0.25) is 0 Å². The Bertz CT molecular complexity index is 507. The molecule has 0 aliphatic carbocycles. The summed E-state index contributed by atoms with van der Waals surface area (Å²) in [4.78, 5) is 0.255. The van der Waals surface area contributed by atoms with E-state index in [9.17, 15) is 8.42 Å². The third-order valence-corrected chi connectivity index (χ3v) is 6.53. The van der Waals surface area contributed by atoms with Crippen molar-refractivity contribution in [3.63, 3.8) is 0 Å². The molecule has 108 valence electrons. The maximum absolute atomic E-state index is 12.3. The molecule has 1 aromatic rings. The lowest BCUT2D eigenvalue weighted by atomic mass is 9.85. The fourth-order valence-corrected chi connectivity index (χ4v) is 4.36. The van der Waals surface area contributed by atoms with Crippen LogP contribution in [-0.4, -0.2) is 20.8 Å². The van der Waals surface area contributed by atoms with Crippen LogP contribution in [0.5, 0.6) is 0 Å². The van der Waals surface area contributed by atoms with E-state index >= 15 is 0 Å². The van der Waals surface area contributed by atoms with Crippen LogP contribution in [0.3, 0.4) is 0 Å². The van der Waals surface area contributed by atoms with Crippen molar-refractivity contribution in [3.8, 4) is 0 Å². The Labute approximate surface area is 128 Å². The molecule has 0 heterocycles. The Morgan fingerprint density at radius 2 is 1.84 bits per heavy atom. The largest absolute Gasteiger partial charge is 0.241 e. The SMILES string of the molecule is CCC(CC)(CCl)CNS(=O)(=O)c1ccccc1Br. The molecule has 0 radical (unpaired) electrons. The monoisotopic (exact) mass is 367 g/mol. The average Bonchev–Trinajstić information content (AvgIpc) is 2.41. The van der Waals surface area contributed by atoms with Gasteiger partial charge in [0.15, 0.2) is 0 Å². The van der Waals surface area contributed by atoms with Crippen molar-refractivity contribution in [3.05, 3.63) is 28.7 Å². The van der Waals surface area contributed by atoms with Gasteiger partial charge in [0, 0.05) is 16.9 Å². The summed E-state index contributed by atoms with van der Waals surface area (Å²) < 4.78 is 27.8. The lowest BCUT2D eigenvalue weighted by Gasteiger charge is -2.29. The van der Waals surface area contributed by atoms with Gasteiger partial charge in [0.05, 0.1) is 4.90 Å². The van der Waals surface area contributed by atoms with Gasteiger partial charge in [-0.3, -0.25) is 0 Å². The van der Waals surface area contributed by atoms with Crippen molar-refractivity contribution in [2.75, 3.05) is 12.4 Å². The highest BCUT2D eigenvalue weighted by molar-refractivity contribution is 9.10. The smallest absolute Gasteiger partial charge is 0.211 e. The van der Waals surface area contributed by atoms with E-state index in [0.717, 1.165) is 12.8 Å². The highest BCUT2D eigenvalue weighted by Gasteiger charge is 2.28. The third kappa shape index (κ3) is 4.18. The van der Waals surface area contributed by atoms with Crippen LogP contribution < -0.4 is 4.72 Å². The van der Waals surface area contributed by atoms with Crippen molar-refractivity contribution < 1.29 is 8.42 Å². The molecule has 0 aliphatic rings. The van der Waals surface area contributed by atoms with Crippen molar-refractivity contribution in [1.82, 2.24) is 4.72 Å². The van der Waals surface area contributed by atoms with Crippen LogP contribution in [0.1, 0.15) is 26.7 Å². The van der Waals surface area contributed by atoms with Crippen molar-refractivity contribution >= 4 is 37.6 Å². The molecule has 0 atom stereocenters. The lowest BCUT2D eigenvalue weighted by molar-refractivity contribution is 0.304. The highest BCUT2D eigenvalue weighted by atomic mass is 79.9. The summed E-state index contributed by atoms with van der Waals surface area (Å²) in [6.07, 6.45) is 1.68. The molecule has 0 aliphatic heterocycles. The van der Waals surface area contributed by atoms with Crippen molar-refractivity contribution in [1.29, 1.82) is 0 Å². The van der Waals surface area contributed by atoms with Crippen molar-refractivity contribution in [2.45, 2.75) is 31.6 Å². The van der Waals surface area contributed by atoms with Gasteiger partial charge < -0.3 is 0 Å². The minimum atomic E-state index is -3.51. The minimum absolute atomic E-state index is 0.185. The van der Waals surface area contributed by atoms with E-state index in [0.29, 0.717) is 16.9 Å². The Hall–Kier alpha value is -0.100. The number of halogens is 2. The summed E-state index contributed by atoms with van der Waals surface area (Å²) >= 11 is 9.25. The van der Waals surface area contributed by atoms with Crippen LogP contribution in [0.4, 0.5) is 0 Å². The molecule has 0 saturated carbocycles. The molecule has 0 unspecified atom stereocenters. The van der Waals surface area contributed by atoms with Gasteiger partial charge >= 0.3 is 0 Å². The molecule has 0 bridgehead atoms. The Morgan fingerprint density at radius 1 is 1.26 bits per heavy atom. The number of hydrogen-bond acceptors (Lipinski definition) is 2. The maximum Gasteiger partial charge on any atom is 0.241 e. The van der Waals surface area contributed by atoms with E-state index in [1.54, 1.807) is 24.3 Å². The maximum atomic E-state index is 12.3. The Kier molecular flexibility index (Phi) is 6.30. The molecule has 19 heavy (non-hydrogen) atoms. The number of hydrogen-bond donors (Lipinski definition) is 1. The van der Waals surface area contributed by atoms with Gasteiger partial charge in [-0.1, -0.05) is 26.0 Å². The summed E-state index contributed by atoms with van der Waals surface area (Å²) in [5, 5.41) is 0. The van der Waals surface area contributed by atoms with Gasteiger partial charge in [-0.05, 0) is 46.3 Å². The summed E-state index contributed by atoms with van der Waals surface area (Å²) in [6.45, 7) is 4.41. The third-order valence-electron chi connectivity index (χ3n) is 3.55. The van der Waals surface area contributed by atoms with E-state index in [2.05, 4.69) is 20.7 Å². The number of sulfonamides is 1. The molecule has 3 nitrogen and oxygen atoms in total. The first-order chi connectivity index (χ1) is 8.90. The first-order valence-corrected chi connectivity index (χ1v) is 9.02. The second-order valence-corrected chi connectivity index (χ2v) is 7.45. The van der Waals surface area contributed by atoms with E-state index in [4.69, 9.17) is 11.6 Å². The Morgan fingerprint density at radius 3 is 2.32 bits per heavy atom. The summed E-state index contributed by atoms with van der Waals surface area (Å²) in [5.41, 5.74) is -0.185. The predicted molar refractivity (Wildman–Crippen MR) is 83.1 cm³/mol. The molecule has 0 fully saturated rings. The van der Waals surface area contributed by atoms with Gasteiger partial charge in [0.1, 0.15) is 0 Å². The highest BCUT2D eigenvalue weighted by Crippen LogP contribution is 2.28. The minimum Gasteiger partial charge on any atom is -0.211 e. The van der Waals surface area contributed by atoms with Gasteiger partial charge in [-0.15, -0.1) is 11.6 Å². The molecular weight excluding hydrogens is 350 g/mol. The molecule has 0 aromatic heterocycles. The molecule has 0 spiro atoms. The quantitative estimate of drug-likeness (QED) is 0.745. The van der Waals surface area contributed by atoms with Gasteiger partial charge in [-0.2, -0.15) is 0 Å². The zero-order valence-electron chi connectivity index (χ0n) is 11.1. The van der Waals surface area contributed by atoms with E-state index in [-0.39, 0.29) is 10.3 Å². The fraction of sp³-hybridized carbons (Fsp3) is 0.538. The second kappa shape index (κ2) is 7.07. The number of benzene rings is 1. The number of alkyl halides is 1. The predicted octanol–water partition coefficient (Wildman–Crippen LogP) is 3.77. The summed E-state index contributed by atoms with van der Waals surface area (Å²) in [7, 11) is -3.51. The topological polar surface area (TPSA) is 46.2 Å². The second-order valence-electron chi connectivity index (χ2n) is 4.60. The molecule has 1 N–H and O–H groups in total. The van der Waals surface area contributed by atoms with Crippen LogP contribution in [0, 0.1) is 5.41 Å². The zero-order valence-corrected chi connectivity index (χ0v) is 14.3. The molecule has 0 amide bonds. The standard InChI is InChI=1S/C13H19BrClNO2S/c1-3-13(4-2,9-15)10-16-19(17,18)12-8-6-5-7-11(12)14/h5-8,16H,3-4,9-10H2,1-2H3. The first-order valence-electron chi connectivity index (χ1n) is 6.21. The van der Waals surface area contributed by atoms with E-state index < -0.39 is 10.0 Å².